The van der Waals surface area contributed by atoms with Crippen LogP contribution in [0.3, 0.4) is 0 Å². The number of hydrogen-bond donors (Lipinski definition) is 2. The number of nitrogens with zero attached hydrogens (tertiary/aromatic N) is 1. The molecule has 0 unspecified atom stereocenters. The lowest BCUT2D eigenvalue weighted by atomic mass is 9.85. The van der Waals surface area contributed by atoms with E-state index in [9.17, 15) is 9.90 Å². The molecule has 0 saturated carbocycles. The van der Waals surface area contributed by atoms with E-state index in [0.29, 0.717) is 18.5 Å². The number of aliphatic hydroxyl groups excluding tert-OH is 1. The molecule has 114 valence electrons. The third-order valence-electron chi connectivity index (χ3n) is 3.84. The summed E-state index contributed by atoms with van der Waals surface area (Å²) in [7, 11) is 0. The van der Waals surface area contributed by atoms with Gasteiger partial charge in [0.15, 0.2) is 0 Å². The van der Waals surface area contributed by atoms with Crippen molar-refractivity contribution < 1.29 is 15.0 Å². The first-order chi connectivity index (χ1) is 9.75. The van der Waals surface area contributed by atoms with Gasteiger partial charge in [-0.2, -0.15) is 0 Å². The van der Waals surface area contributed by atoms with Crippen LogP contribution in [0.25, 0.3) is 10.9 Å². The van der Waals surface area contributed by atoms with Crippen molar-refractivity contribution >= 4 is 16.9 Å². The van der Waals surface area contributed by atoms with Gasteiger partial charge in [0.1, 0.15) is 0 Å². The van der Waals surface area contributed by atoms with Gasteiger partial charge in [-0.1, -0.05) is 20.8 Å². The van der Waals surface area contributed by atoms with E-state index in [4.69, 9.17) is 5.11 Å². The summed E-state index contributed by atoms with van der Waals surface area (Å²) in [6, 6.07) is 5.87. The Kier molecular flexibility index (Phi) is 4.10. The number of fused-ring (bicyclic) bond motifs is 1. The van der Waals surface area contributed by atoms with Crippen molar-refractivity contribution in [3.63, 3.8) is 0 Å². The lowest BCUT2D eigenvalue weighted by molar-refractivity contribution is 0.0698. The lowest BCUT2D eigenvalue weighted by Gasteiger charge is -2.20. The minimum Gasteiger partial charge on any atom is -0.478 e. The van der Waals surface area contributed by atoms with Crippen LogP contribution in [0.1, 0.15) is 48.8 Å². The lowest BCUT2D eigenvalue weighted by Crippen LogP contribution is -2.13. The molecule has 1 aromatic heterocycles. The SMILES string of the molecule is Cc1cc2cc(C(C)(C)C)cc(C(=O)O)c2n1CCCO. The predicted octanol–water partition coefficient (Wildman–Crippen LogP) is 3.33. The fourth-order valence-electron chi connectivity index (χ4n) is 2.66. The fraction of sp³-hybridized carbons (Fsp3) is 0.471. The molecule has 4 heteroatoms. The summed E-state index contributed by atoms with van der Waals surface area (Å²) in [5.41, 5.74) is 3.03. The zero-order valence-corrected chi connectivity index (χ0v) is 13.1. The number of rotatable bonds is 4. The van der Waals surface area contributed by atoms with Crippen LogP contribution < -0.4 is 0 Å². The van der Waals surface area contributed by atoms with Gasteiger partial charge in [-0.05, 0) is 42.5 Å². The number of carboxylic acids is 1. The molecule has 0 aliphatic heterocycles. The first-order valence-electron chi connectivity index (χ1n) is 7.24. The van der Waals surface area contributed by atoms with E-state index in [1.807, 2.05) is 17.6 Å². The molecule has 0 bridgehead atoms. The standard InChI is InChI=1S/C17H23NO3/c1-11-8-12-9-13(17(2,3)4)10-14(16(20)21)15(12)18(11)6-5-7-19/h8-10,19H,5-7H2,1-4H3,(H,20,21). The van der Waals surface area contributed by atoms with Crippen LogP contribution in [0.15, 0.2) is 18.2 Å². The normalized spacial score (nSPS) is 12.0. The maximum absolute atomic E-state index is 11.7. The average molecular weight is 289 g/mol. The quantitative estimate of drug-likeness (QED) is 0.907. The fourth-order valence-corrected chi connectivity index (χ4v) is 2.66. The molecule has 1 heterocycles. The molecule has 0 amide bonds. The van der Waals surface area contributed by atoms with Gasteiger partial charge in [-0.3, -0.25) is 0 Å². The highest BCUT2D eigenvalue weighted by Crippen LogP contribution is 2.31. The van der Waals surface area contributed by atoms with Crippen LogP contribution in [0.5, 0.6) is 0 Å². The average Bonchev–Trinajstić information content (AvgIpc) is 2.69. The maximum Gasteiger partial charge on any atom is 0.337 e. The van der Waals surface area contributed by atoms with Crippen molar-refractivity contribution in [2.45, 2.75) is 46.1 Å². The predicted molar refractivity (Wildman–Crippen MR) is 84.0 cm³/mol. The molecule has 0 radical (unpaired) electrons. The van der Waals surface area contributed by atoms with Crippen molar-refractivity contribution in [1.29, 1.82) is 0 Å². The Labute approximate surface area is 125 Å². The molecule has 1 aromatic carbocycles. The Hall–Kier alpha value is -1.81. The van der Waals surface area contributed by atoms with Crippen LogP contribution >= 0.6 is 0 Å². The zero-order chi connectivity index (χ0) is 15.8. The second-order valence-corrected chi connectivity index (χ2v) is 6.53. The largest absolute Gasteiger partial charge is 0.478 e. The Bertz CT molecular complexity index is 677. The Morgan fingerprint density at radius 2 is 1.90 bits per heavy atom. The molecule has 0 saturated heterocycles. The number of aryl methyl sites for hydroxylation is 2. The molecule has 2 rings (SSSR count). The number of aromatic nitrogens is 1. The van der Waals surface area contributed by atoms with Gasteiger partial charge in [-0.15, -0.1) is 0 Å². The molecule has 0 fully saturated rings. The minimum atomic E-state index is -0.908. The van der Waals surface area contributed by atoms with Crippen molar-refractivity contribution in [2.75, 3.05) is 6.61 Å². The number of benzene rings is 1. The molecule has 4 nitrogen and oxygen atoms in total. The molecular formula is C17H23NO3. The highest BCUT2D eigenvalue weighted by molar-refractivity contribution is 6.03. The summed E-state index contributed by atoms with van der Waals surface area (Å²) in [6.45, 7) is 8.93. The maximum atomic E-state index is 11.7. The van der Waals surface area contributed by atoms with Gasteiger partial charge in [0, 0.05) is 24.2 Å². The van der Waals surface area contributed by atoms with E-state index >= 15 is 0 Å². The van der Waals surface area contributed by atoms with Gasteiger partial charge in [0.25, 0.3) is 0 Å². The van der Waals surface area contributed by atoms with Gasteiger partial charge in [0.2, 0.25) is 0 Å². The van der Waals surface area contributed by atoms with Crippen LogP contribution in [0, 0.1) is 6.92 Å². The number of aliphatic hydroxyl groups is 1. The van der Waals surface area contributed by atoms with Crippen molar-refractivity contribution in [2.24, 2.45) is 0 Å². The Morgan fingerprint density at radius 1 is 1.24 bits per heavy atom. The van der Waals surface area contributed by atoms with Crippen LogP contribution in [0.2, 0.25) is 0 Å². The van der Waals surface area contributed by atoms with Crippen LogP contribution in [-0.2, 0) is 12.0 Å². The van der Waals surface area contributed by atoms with E-state index in [0.717, 1.165) is 22.2 Å². The highest BCUT2D eigenvalue weighted by Gasteiger charge is 2.21. The number of carbonyl (C=O) groups is 1. The topological polar surface area (TPSA) is 62.5 Å². The van der Waals surface area contributed by atoms with Gasteiger partial charge < -0.3 is 14.8 Å². The summed E-state index contributed by atoms with van der Waals surface area (Å²) in [5, 5.41) is 19.6. The number of hydrogen-bond acceptors (Lipinski definition) is 2. The van der Waals surface area contributed by atoms with Gasteiger partial charge in [-0.25, -0.2) is 4.79 Å². The first-order valence-corrected chi connectivity index (χ1v) is 7.24. The summed E-state index contributed by atoms with van der Waals surface area (Å²) < 4.78 is 1.99. The summed E-state index contributed by atoms with van der Waals surface area (Å²) >= 11 is 0. The molecular weight excluding hydrogens is 266 g/mol. The van der Waals surface area contributed by atoms with E-state index in [1.165, 1.54) is 0 Å². The monoisotopic (exact) mass is 289 g/mol. The zero-order valence-electron chi connectivity index (χ0n) is 13.1. The highest BCUT2D eigenvalue weighted by atomic mass is 16.4. The molecule has 0 atom stereocenters. The second-order valence-electron chi connectivity index (χ2n) is 6.53. The van der Waals surface area contributed by atoms with Crippen LogP contribution in [-0.4, -0.2) is 27.4 Å². The van der Waals surface area contributed by atoms with Crippen LogP contribution in [0.4, 0.5) is 0 Å². The van der Waals surface area contributed by atoms with Crippen molar-refractivity contribution in [3.05, 3.63) is 35.0 Å². The molecule has 0 spiro atoms. The second kappa shape index (κ2) is 5.53. The Balaban J connectivity index is 2.74. The van der Waals surface area contributed by atoms with Crippen molar-refractivity contribution in [3.8, 4) is 0 Å². The Morgan fingerprint density at radius 3 is 2.43 bits per heavy atom. The van der Waals surface area contributed by atoms with Gasteiger partial charge >= 0.3 is 5.97 Å². The van der Waals surface area contributed by atoms with E-state index < -0.39 is 5.97 Å². The number of carboxylic acid groups (broad SMARTS) is 1. The molecule has 2 aromatic rings. The third-order valence-corrected chi connectivity index (χ3v) is 3.84. The minimum absolute atomic E-state index is 0.0977. The molecule has 0 aliphatic carbocycles. The van der Waals surface area contributed by atoms with Gasteiger partial charge in [0.05, 0.1) is 11.1 Å². The van der Waals surface area contributed by atoms with E-state index in [2.05, 4.69) is 26.8 Å². The third kappa shape index (κ3) is 2.95. The summed E-state index contributed by atoms with van der Waals surface area (Å²) in [4.78, 5) is 11.7. The smallest absolute Gasteiger partial charge is 0.337 e. The molecule has 21 heavy (non-hydrogen) atoms. The van der Waals surface area contributed by atoms with Crippen molar-refractivity contribution in [1.82, 2.24) is 4.57 Å². The van der Waals surface area contributed by atoms with E-state index in [1.54, 1.807) is 6.07 Å². The summed E-state index contributed by atoms with van der Waals surface area (Å²) in [6.07, 6.45) is 0.616. The number of aromatic carboxylic acids is 1. The summed E-state index contributed by atoms with van der Waals surface area (Å²) in [5.74, 6) is -0.908. The van der Waals surface area contributed by atoms with E-state index in [-0.39, 0.29) is 12.0 Å². The molecule has 2 N–H and O–H groups in total. The first kappa shape index (κ1) is 15.6. The molecule has 0 aliphatic rings.